The van der Waals surface area contributed by atoms with Gasteiger partial charge < -0.3 is 5.48 Å². The van der Waals surface area contributed by atoms with Crippen LogP contribution >= 0.6 is 0 Å². The molecule has 0 bridgehead atoms. The van der Waals surface area contributed by atoms with Crippen LogP contribution in [0, 0.1) is 0 Å². The standard InChI is InChI=1S/20Na.H2O.20H/h;;;;;;;;;;;;;;;;;;;;1H2;;;;;;;;;;;;;;;;;;;;. The van der Waals surface area contributed by atoms with E-state index >= 15 is 0 Å². The average Bonchev–Trinajstić information content (AvgIpc) is 0. The summed E-state index contributed by atoms with van der Waals surface area (Å²) in [5.41, 5.74) is 0. The van der Waals surface area contributed by atoms with Crippen LogP contribution in [-0.2, 0) is 0 Å². The van der Waals surface area contributed by atoms with Gasteiger partial charge >= 0.3 is 591 Å². The van der Waals surface area contributed by atoms with Gasteiger partial charge in [-0.1, -0.05) is 0 Å². The molecule has 2 N–H and O–H groups in total. The SMILES string of the molecule is O.[NaH].[NaH].[NaH].[NaH].[NaH].[NaH].[NaH].[NaH].[NaH].[NaH].[NaH].[NaH].[NaH].[NaH].[NaH].[NaH].[NaH].[NaH].[NaH].[NaH]. The van der Waals surface area contributed by atoms with Crippen LogP contribution in [0.15, 0.2) is 0 Å². The maximum atomic E-state index is 0. The van der Waals surface area contributed by atoms with Gasteiger partial charge in [0.15, 0.2) is 0 Å². The van der Waals surface area contributed by atoms with Crippen molar-refractivity contribution in [2.45, 2.75) is 0 Å². The van der Waals surface area contributed by atoms with E-state index in [0.29, 0.717) is 0 Å². The van der Waals surface area contributed by atoms with Crippen LogP contribution in [0.2, 0.25) is 0 Å². The van der Waals surface area contributed by atoms with Crippen LogP contribution in [0.5, 0.6) is 0 Å². The quantitative estimate of drug-likeness (QED) is 0.298. The fraction of sp³-hybridized carbons (Fsp3) is 0. The summed E-state index contributed by atoms with van der Waals surface area (Å²) in [6, 6.07) is 0. The van der Waals surface area contributed by atoms with E-state index in [1.54, 1.807) is 0 Å². The maximum absolute atomic E-state index is 0. The molecule has 0 aliphatic carbocycles. The molecule has 0 unspecified atom stereocenters. The van der Waals surface area contributed by atoms with Crippen molar-refractivity contribution in [2.75, 3.05) is 0 Å². The minimum absolute atomic E-state index is 0. The van der Waals surface area contributed by atoms with E-state index in [1.165, 1.54) is 0 Å². The Morgan fingerprint density at radius 2 is 0.0952 bits per heavy atom. The van der Waals surface area contributed by atoms with E-state index in [-0.39, 0.29) is 597 Å². The molecule has 0 aliphatic heterocycles. The first kappa shape index (κ1) is 164. The van der Waals surface area contributed by atoms with Crippen molar-refractivity contribution >= 4 is 591 Å². The summed E-state index contributed by atoms with van der Waals surface area (Å²) in [7, 11) is 0. The van der Waals surface area contributed by atoms with Crippen LogP contribution in [0.4, 0.5) is 0 Å². The monoisotopic (exact) mass is 498 g/mol. The first-order chi connectivity index (χ1) is 0. The van der Waals surface area contributed by atoms with Crippen molar-refractivity contribution in [3.8, 4) is 0 Å². The van der Waals surface area contributed by atoms with Crippen molar-refractivity contribution in [1.29, 1.82) is 0 Å². The Morgan fingerprint density at radius 3 is 0.0952 bits per heavy atom. The molecule has 0 rings (SSSR count). The third kappa shape index (κ3) is 145. The molecule has 0 saturated carbocycles. The summed E-state index contributed by atoms with van der Waals surface area (Å²) in [5, 5.41) is 0. The molecule has 0 aromatic heterocycles. The van der Waals surface area contributed by atoms with Crippen molar-refractivity contribution in [2.24, 2.45) is 0 Å². The Bertz CT molecular complexity index is 5.80. The van der Waals surface area contributed by atoms with E-state index in [0.717, 1.165) is 0 Å². The Morgan fingerprint density at radius 1 is 0.0952 bits per heavy atom. The molecule has 0 amide bonds. The Kier molecular flexibility index (Phi) is 1190. The van der Waals surface area contributed by atoms with Gasteiger partial charge in [0, 0.05) is 0 Å². The molecule has 0 spiro atoms. The Balaban J connectivity index is 0. The summed E-state index contributed by atoms with van der Waals surface area (Å²) < 4.78 is 0. The zero-order chi connectivity index (χ0) is 0. The van der Waals surface area contributed by atoms with E-state index in [9.17, 15) is 0 Å². The Hall–Kier alpha value is 20.0. The Labute approximate surface area is 575 Å². The molecule has 21 heteroatoms. The summed E-state index contributed by atoms with van der Waals surface area (Å²) in [6.45, 7) is 0. The molecule has 0 radical (unpaired) electrons. The van der Waals surface area contributed by atoms with Crippen LogP contribution < -0.4 is 0 Å². The van der Waals surface area contributed by atoms with E-state index in [1.807, 2.05) is 0 Å². The molecular weight excluding hydrogens is 476 g/mol. The van der Waals surface area contributed by atoms with Gasteiger partial charge in [-0.25, -0.2) is 0 Å². The molecule has 0 aromatic rings. The normalized spacial score (nSPS) is 0. The van der Waals surface area contributed by atoms with E-state index < -0.39 is 0 Å². The van der Waals surface area contributed by atoms with Crippen LogP contribution in [0.25, 0.3) is 0 Å². The summed E-state index contributed by atoms with van der Waals surface area (Å²) in [4.78, 5) is 0. The van der Waals surface area contributed by atoms with E-state index in [2.05, 4.69) is 0 Å². The second-order valence-corrected chi connectivity index (χ2v) is 0. The third-order valence-electron chi connectivity index (χ3n) is 0. The van der Waals surface area contributed by atoms with Crippen LogP contribution in [0.1, 0.15) is 0 Å². The minimum atomic E-state index is 0. The predicted octanol–water partition coefficient (Wildman–Crippen LogP) is -13.8. The molecular formula is H22Na20O. The molecule has 0 atom stereocenters. The predicted molar refractivity (Wildman–Crippen MR) is 147 cm³/mol. The molecule has 21 heavy (non-hydrogen) atoms. The van der Waals surface area contributed by atoms with Gasteiger partial charge in [0.2, 0.25) is 0 Å². The molecule has 0 heterocycles. The summed E-state index contributed by atoms with van der Waals surface area (Å²) in [6.07, 6.45) is 0. The molecule has 0 aromatic carbocycles. The van der Waals surface area contributed by atoms with Crippen molar-refractivity contribution in [3.63, 3.8) is 0 Å². The fourth-order valence-electron chi connectivity index (χ4n) is 0. The number of rotatable bonds is 0. The van der Waals surface area contributed by atoms with Gasteiger partial charge in [0.1, 0.15) is 0 Å². The van der Waals surface area contributed by atoms with Gasteiger partial charge in [-0.15, -0.1) is 0 Å². The van der Waals surface area contributed by atoms with Gasteiger partial charge in [-0.2, -0.15) is 0 Å². The molecule has 0 saturated heterocycles. The van der Waals surface area contributed by atoms with Gasteiger partial charge in [0.05, 0.1) is 0 Å². The second kappa shape index (κ2) is 152. The topological polar surface area (TPSA) is 31.5 Å². The number of hydrogen-bond donors (Lipinski definition) is 0. The molecule has 0 fully saturated rings. The van der Waals surface area contributed by atoms with Gasteiger partial charge in [0.25, 0.3) is 0 Å². The van der Waals surface area contributed by atoms with Crippen molar-refractivity contribution < 1.29 is 5.48 Å². The fourth-order valence-corrected chi connectivity index (χ4v) is 0. The van der Waals surface area contributed by atoms with E-state index in [4.69, 9.17) is 0 Å². The van der Waals surface area contributed by atoms with Crippen LogP contribution in [-0.4, -0.2) is 597 Å². The molecule has 48 valence electrons. The summed E-state index contributed by atoms with van der Waals surface area (Å²) >= 11 is 0. The van der Waals surface area contributed by atoms with Gasteiger partial charge in [-0.3, -0.25) is 0 Å². The van der Waals surface area contributed by atoms with Crippen molar-refractivity contribution in [3.05, 3.63) is 0 Å². The first-order valence-electron chi connectivity index (χ1n) is 0. The van der Waals surface area contributed by atoms with Crippen molar-refractivity contribution in [1.82, 2.24) is 0 Å². The zero-order valence-electron chi connectivity index (χ0n) is 0.500. The average molecular weight is 498 g/mol. The second-order valence-electron chi connectivity index (χ2n) is 0. The first-order valence-corrected chi connectivity index (χ1v) is 0. The van der Waals surface area contributed by atoms with Crippen LogP contribution in [0.3, 0.4) is 0 Å². The molecule has 1 nitrogen and oxygen atoms in total. The van der Waals surface area contributed by atoms with Gasteiger partial charge in [-0.05, 0) is 0 Å². The zero-order valence-corrected chi connectivity index (χ0v) is 0.500. The molecule has 0 aliphatic rings. The summed E-state index contributed by atoms with van der Waals surface area (Å²) in [5.74, 6) is 0. The third-order valence-corrected chi connectivity index (χ3v) is 0. The number of hydrogen-bond acceptors (Lipinski definition) is 0.